The number of rotatable bonds is 7. The molecule has 1 fully saturated rings. The number of hydrogen-bond donors (Lipinski definition) is 2. The van der Waals surface area contributed by atoms with Crippen molar-refractivity contribution < 1.29 is 18.3 Å². The van der Waals surface area contributed by atoms with E-state index in [0.717, 1.165) is 12.8 Å². The van der Waals surface area contributed by atoms with E-state index in [1.807, 2.05) is 6.92 Å². The SMILES string of the molecule is CCn1cc(S(=O)(=O)N[C@@H](CC2CC2)C(=O)O)cn1. The van der Waals surface area contributed by atoms with E-state index in [1.165, 1.54) is 17.1 Å². The van der Waals surface area contributed by atoms with Crippen LogP contribution >= 0.6 is 0 Å². The van der Waals surface area contributed by atoms with Gasteiger partial charge in [-0.1, -0.05) is 12.8 Å². The predicted molar refractivity (Wildman–Crippen MR) is 67.0 cm³/mol. The van der Waals surface area contributed by atoms with Crippen LogP contribution in [0, 0.1) is 5.92 Å². The summed E-state index contributed by atoms with van der Waals surface area (Å²) in [5.41, 5.74) is 0. The van der Waals surface area contributed by atoms with Gasteiger partial charge in [0.15, 0.2) is 0 Å². The molecule has 0 unspecified atom stereocenters. The largest absolute Gasteiger partial charge is 0.480 e. The third-order valence-electron chi connectivity index (χ3n) is 3.11. The lowest BCUT2D eigenvalue weighted by Gasteiger charge is -2.13. The first-order valence-electron chi connectivity index (χ1n) is 6.20. The molecule has 1 aromatic heterocycles. The summed E-state index contributed by atoms with van der Waals surface area (Å²) in [6, 6.07) is -1.07. The molecule has 2 N–H and O–H groups in total. The van der Waals surface area contributed by atoms with Crippen LogP contribution in [0.15, 0.2) is 17.3 Å². The second-order valence-electron chi connectivity index (χ2n) is 4.72. The van der Waals surface area contributed by atoms with Gasteiger partial charge in [-0.2, -0.15) is 9.82 Å². The highest BCUT2D eigenvalue weighted by Gasteiger charge is 2.32. The molecule has 7 nitrogen and oxygen atoms in total. The fourth-order valence-corrected chi connectivity index (χ4v) is 2.95. The summed E-state index contributed by atoms with van der Waals surface area (Å²) in [6.07, 6.45) is 4.90. The number of aliphatic carboxylic acids is 1. The van der Waals surface area contributed by atoms with Crippen molar-refractivity contribution in [1.82, 2.24) is 14.5 Å². The maximum absolute atomic E-state index is 12.1. The highest BCUT2D eigenvalue weighted by Crippen LogP contribution is 2.33. The standard InChI is InChI=1S/C11H17N3O4S/c1-2-14-7-9(6-12-14)19(17,18)13-10(11(15)16)5-8-3-4-8/h6-8,10,13H,2-5H2,1H3,(H,15,16)/t10-/m0/s1. The Kier molecular flexibility index (Phi) is 3.91. The Labute approximate surface area is 111 Å². The quantitative estimate of drug-likeness (QED) is 0.757. The molecule has 1 aliphatic rings. The van der Waals surface area contributed by atoms with Crippen LogP contribution in [0.5, 0.6) is 0 Å². The maximum Gasteiger partial charge on any atom is 0.321 e. The van der Waals surface area contributed by atoms with Gasteiger partial charge in [-0.05, 0) is 19.3 Å². The van der Waals surface area contributed by atoms with Gasteiger partial charge in [-0.3, -0.25) is 9.48 Å². The van der Waals surface area contributed by atoms with Crippen molar-refractivity contribution in [2.75, 3.05) is 0 Å². The van der Waals surface area contributed by atoms with E-state index < -0.39 is 22.0 Å². The summed E-state index contributed by atoms with van der Waals surface area (Å²) in [5.74, 6) is -0.819. The van der Waals surface area contributed by atoms with E-state index >= 15 is 0 Å². The van der Waals surface area contributed by atoms with E-state index in [4.69, 9.17) is 5.11 Å². The van der Waals surface area contributed by atoms with Gasteiger partial charge in [0.25, 0.3) is 0 Å². The molecular weight excluding hydrogens is 270 g/mol. The van der Waals surface area contributed by atoms with Crippen LogP contribution in [-0.2, 0) is 21.4 Å². The summed E-state index contributed by atoms with van der Waals surface area (Å²) in [4.78, 5) is 11.1. The number of nitrogens with one attached hydrogen (secondary N) is 1. The first-order valence-corrected chi connectivity index (χ1v) is 7.68. The number of aryl methyl sites for hydroxylation is 1. The van der Waals surface area contributed by atoms with Crippen LogP contribution < -0.4 is 4.72 Å². The average Bonchev–Trinajstić information content (AvgIpc) is 3.01. The molecule has 106 valence electrons. The lowest BCUT2D eigenvalue weighted by molar-refractivity contribution is -0.139. The van der Waals surface area contributed by atoms with Crippen molar-refractivity contribution in [3.63, 3.8) is 0 Å². The molecule has 1 heterocycles. The van der Waals surface area contributed by atoms with Gasteiger partial charge >= 0.3 is 5.97 Å². The smallest absolute Gasteiger partial charge is 0.321 e. The van der Waals surface area contributed by atoms with E-state index in [-0.39, 0.29) is 4.90 Å². The fraction of sp³-hybridized carbons (Fsp3) is 0.636. The summed E-state index contributed by atoms with van der Waals surface area (Å²) in [7, 11) is -3.83. The molecule has 1 aliphatic carbocycles. The van der Waals surface area contributed by atoms with Crippen molar-refractivity contribution in [2.24, 2.45) is 5.92 Å². The molecule has 0 aliphatic heterocycles. The van der Waals surface area contributed by atoms with Crippen LogP contribution in [0.3, 0.4) is 0 Å². The highest BCUT2D eigenvalue weighted by atomic mass is 32.2. The molecule has 0 amide bonds. The van der Waals surface area contributed by atoms with Gasteiger partial charge in [0.05, 0.1) is 6.20 Å². The van der Waals surface area contributed by atoms with Gasteiger partial charge in [0.1, 0.15) is 10.9 Å². The third kappa shape index (κ3) is 3.54. The molecule has 0 radical (unpaired) electrons. The monoisotopic (exact) mass is 287 g/mol. The van der Waals surface area contributed by atoms with Crippen LogP contribution in [0.4, 0.5) is 0 Å². The summed E-state index contributed by atoms with van der Waals surface area (Å²) < 4.78 is 27.8. The second-order valence-corrected chi connectivity index (χ2v) is 6.44. The van der Waals surface area contributed by atoms with Crippen LogP contribution in [-0.4, -0.2) is 35.3 Å². The van der Waals surface area contributed by atoms with Crippen molar-refractivity contribution in [3.05, 3.63) is 12.4 Å². The lowest BCUT2D eigenvalue weighted by atomic mass is 10.1. The highest BCUT2D eigenvalue weighted by molar-refractivity contribution is 7.89. The molecule has 8 heteroatoms. The normalized spacial score (nSPS) is 17.3. The first kappa shape index (κ1) is 14.0. The van der Waals surface area contributed by atoms with E-state index in [9.17, 15) is 13.2 Å². The molecule has 1 aromatic rings. The number of aromatic nitrogens is 2. The first-order chi connectivity index (χ1) is 8.92. The minimum absolute atomic E-state index is 0.00334. The average molecular weight is 287 g/mol. The number of hydrogen-bond acceptors (Lipinski definition) is 4. The second kappa shape index (κ2) is 5.30. The van der Waals surface area contributed by atoms with Crippen molar-refractivity contribution in [3.8, 4) is 0 Å². The number of carbonyl (C=O) groups is 1. The summed E-state index contributed by atoms with van der Waals surface area (Å²) in [6.45, 7) is 2.39. The topological polar surface area (TPSA) is 101 Å². The molecule has 1 atom stereocenters. The maximum atomic E-state index is 12.1. The van der Waals surface area contributed by atoms with Gasteiger partial charge in [0, 0.05) is 12.7 Å². The molecular formula is C11H17N3O4S. The minimum Gasteiger partial charge on any atom is -0.480 e. The molecule has 1 saturated carbocycles. The van der Waals surface area contributed by atoms with Crippen molar-refractivity contribution in [2.45, 2.75) is 43.7 Å². The van der Waals surface area contributed by atoms with Crippen molar-refractivity contribution >= 4 is 16.0 Å². The van der Waals surface area contributed by atoms with Crippen LogP contribution in [0.25, 0.3) is 0 Å². The van der Waals surface area contributed by atoms with E-state index in [0.29, 0.717) is 18.9 Å². The van der Waals surface area contributed by atoms with E-state index in [2.05, 4.69) is 9.82 Å². The Morgan fingerprint density at radius 1 is 1.63 bits per heavy atom. The number of sulfonamides is 1. The molecule has 19 heavy (non-hydrogen) atoms. The Balaban J connectivity index is 2.11. The Bertz CT molecular complexity index is 562. The van der Waals surface area contributed by atoms with Gasteiger partial charge in [0.2, 0.25) is 10.0 Å². The predicted octanol–water partition coefficient (Wildman–Crippen LogP) is 0.435. The Hall–Kier alpha value is -1.41. The molecule has 0 aromatic carbocycles. The van der Waals surface area contributed by atoms with Gasteiger partial charge in [-0.15, -0.1) is 0 Å². The third-order valence-corrected chi connectivity index (χ3v) is 4.53. The number of nitrogens with zero attached hydrogens (tertiary/aromatic N) is 2. The van der Waals surface area contributed by atoms with Gasteiger partial charge in [-0.25, -0.2) is 8.42 Å². The zero-order valence-corrected chi connectivity index (χ0v) is 11.4. The molecule has 0 bridgehead atoms. The fourth-order valence-electron chi connectivity index (χ4n) is 1.80. The molecule has 2 rings (SSSR count). The molecule has 0 saturated heterocycles. The summed E-state index contributed by atoms with van der Waals surface area (Å²) in [5, 5.41) is 12.9. The van der Waals surface area contributed by atoms with E-state index in [1.54, 1.807) is 0 Å². The Morgan fingerprint density at radius 3 is 2.79 bits per heavy atom. The number of carboxylic acids is 1. The Morgan fingerprint density at radius 2 is 2.32 bits per heavy atom. The zero-order valence-electron chi connectivity index (χ0n) is 10.6. The minimum atomic E-state index is -3.83. The number of carboxylic acid groups (broad SMARTS) is 1. The van der Waals surface area contributed by atoms with Gasteiger partial charge < -0.3 is 5.11 Å². The van der Waals surface area contributed by atoms with Crippen molar-refractivity contribution in [1.29, 1.82) is 0 Å². The zero-order chi connectivity index (χ0) is 14.0. The van der Waals surface area contributed by atoms with Crippen LogP contribution in [0.1, 0.15) is 26.2 Å². The summed E-state index contributed by atoms with van der Waals surface area (Å²) >= 11 is 0. The molecule has 0 spiro atoms. The van der Waals surface area contributed by atoms with Crippen LogP contribution in [0.2, 0.25) is 0 Å². The lowest BCUT2D eigenvalue weighted by Crippen LogP contribution is -2.40.